The number of aromatic nitrogens is 5. The van der Waals surface area contributed by atoms with Crippen LogP contribution in [-0.4, -0.2) is 36.1 Å². The van der Waals surface area contributed by atoms with E-state index in [0.717, 1.165) is 10.2 Å². The molecule has 0 aliphatic heterocycles. The highest BCUT2D eigenvalue weighted by atomic mass is 32.2. The molecule has 0 atom stereocenters. The molecule has 11 heteroatoms. The summed E-state index contributed by atoms with van der Waals surface area (Å²) in [4.78, 5) is 24.3. The lowest BCUT2D eigenvalue weighted by atomic mass is 10.3. The third-order valence-electron chi connectivity index (χ3n) is 4.03. The number of thioether (sulfide) groups is 1. The first-order chi connectivity index (χ1) is 13.5. The zero-order valence-corrected chi connectivity index (χ0v) is 16.7. The molecular formula is C17H16N6O3S2. The van der Waals surface area contributed by atoms with Crippen LogP contribution in [0.1, 0.15) is 11.6 Å². The predicted molar refractivity (Wildman–Crippen MR) is 107 cm³/mol. The van der Waals surface area contributed by atoms with Crippen molar-refractivity contribution in [3.05, 3.63) is 51.6 Å². The Morgan fingerprint density at radius 3 is 2.93 bits per heavy atom. The molecule has 3 heterocycles. The molecule has 1 aromatic carbocycles. The van der Waals surface area contributed by atoms with Gasteiger partial charge in [0, 0.05) is 13.1 Å². The molecule has 9 nitrogen and oxygen atoms in total. The Balaban J connectivity index is 1.44. The number of fused-ring (bicyclic) bond motifs is 1. The van der Waals surface area contributed by atoms with Crippen LogP contribution in [-0.2, 0) is 18.4 Å². The standard InChI is InChI=1S/C17H16N6O3S2/c1-10-7-13(21-26-10)18-15(24)9-27-16-20-19-14(22(16)2)8-23-11-5-3-4-6-12(11)28-17(23)25/h3-7H,8-9H2,1-2H3,(H,18,21,24). The number of thiazole rings is 1. The molecular weight excluding hydrogens is 400 g/mol. The number of anilines is 1. The van der Waals surface area contributed by atoms with Crippen LogP contribution in [0.15, 0.2) is 44.8 Å². The Morgan fingerprint density at radius 1 is 1.32 bits per heavy atom. The number of rotatable bonds is 6. The summed E-state index contributed by atoms with van der Waals surface area (Å²) in [5.41, 5.74) is 0.872. The molecule has 0 aliphatic carbocycles. The zero-order valence-electron chi connectivity index (χ0n) is 15.1. The number of aryl methyl sites for hydroxylation is 1. The highest BCUT2D eigenvalue weighted by Crippen LogP contribution is 2.20. The van der Waals surface area contributed by atoms with Gasteiger partial charge >= 0.3 is 4.87 Å². The van der Waals surface area contributed by atoms with E-state index in [1.54, 1.807) is 22.1 Å². The van der Waals surface area contributed by atoms with Gasteiger partial charge < -0.3 is 14.4 Å². The second kappa shape index (κ2) is 7.60. The van der Waals surface area contributed by atoms with Crippen molar-refractivity contribution in [2.45, 2.75) is 18.6 Å². The van der Waals surface area contributed by atoms with Crippen LogP contribution in [0, 0.1) is 6.92 Å². The maximum absolute atomic E-state index is 12.3. The van der Waals surface area contributed by atoms with Gasteiger partial charge in [-0.15, -0.1) is 10.2 Å². The van der Waals surface area contributed by atoms with Crippen LogP contribution in [0.3, 0.4) is 0 Å². The number of nitrogens with zero attached hydrogens (tertiary/aromatic N) is 5. The van der Waals surface area contributed by atoms with Crippen LogP contribution < -0.4 is 10.2 Å². The molecule has 4 aromatic rings. The van der Waals surface area contributed by atoms with Crippen LogP contribution in [0.25, 0.3) is 10.2 Å². The molecule has 4 rings (SSSR count). The van der Waals surface area contributed by atoms with E-state index in [4.69, 9.17) is 4.52 Å². The monoisotopic (exact) mass is 416 g/mol. The summed E-state index contributed by atoms with van der Waals surface area (Å²) in [6.07, 6.45) is 0. The van der Waals surface area contributed by atoms with E-state index in [1.165, 1.54) is 23.1 Å². The number of para-hydroxylation sites is 1. The Bertz CT molecular complexity index is 1210. The lowest BCUT2D eigenvalue weighted by Crippen LogP contribution is -2.16. The van der Waals surface area contributed by atoms with Crippen LogP contribution in [0.2, 0.25) is 0 Å². The number of nitrogens with one attached hydrogen (secondary N) is 1. The predicted octanol–water partition coefficient (Wildman–Crippen LogP) is 2.27. The van der Waals surface area contributed by atoms with Gasteiger partial charge in [-0.3, -0.25) is 14.2 Å². The summed E-state index contributed by atoms with van der Waals surface area (Å²) < 4.78 is 9.32. The number of hydrogen-bond donors (Lipinski definition) is 1. The molecule has 0 aliphatic rings. The first-order valence-electron chi connectivity index (χ1n) is 8.34. The minimum Gasteiger partial charge on any atom is -0.360 e. The van der Waals surface area contributed by atoms with Crippen molar-refractivity contribution < 1.29 is 9.32 Å². The SMILES string of the molecule is Cc1cc(NC(=O)CSc2nnc(Cn3c(=O)sc4ccccc43)n2C)no1. The zero-order chi connectivity index (χ0) is 19.7. The number of hydrogen-bond acceptors (Lipinski definition) is 8. The van der Waals surface area contributed by atoms with Crippen LogP contribution >= 0.6 is 23.1 Å². The summed E-state index contributed by atoms with van der Waals surface area (Å²) in [5, 5.41) is 15.3. The van der Waals surface area contributed by atoms with Gasteiger partial charge in [0.15, 0.2) is 16.8 Å². The van der Waals surface area contributed by atoms with Gasteiger partial charge in [0.25, 0.3) is 0 Å². The molecule has 144 valence electrons. The smallest absolute Gasteiger partial charge is 0.308 e. The second-order valence-corrected chi connectivity index (χ2v) is 7.98. The molecule has 28 heavy (non-hydrogen) atoms. The summed E-state index contributed by atoms with van der Waals surface area (Å²) in [5.74, 6) is 1.57. The van der Waals surface area contributed by atoms with Crippen molar-refractivity contribution in [3.8, 4) is 0 Å². The summed E-state index contributed by atoms with van der Waals surface area (Å²) >= 11 is 2.46. The Labute approximate surface area is 167 Å². The third-order valence-corrected chi connectivity index (χ3v) is 6.01. The van der Waals surface area contributed by atoms with Gasteiger partial charge in [0.2, 0.25) is 5.91 Å². The van der Waals surface area contributed by atoms with Crippen molar-refractivity contribution in [1.82, 2.24) is 24.5 Å². The summed E-state index contributed by atoms with van der Waals surface area (Å²) in [6.45, 7) is 2.07. The molecule has 0 bridgehead atoms. The highest BCUT2D eigenvalue weighted by Gasteiger charge is 2.15. The minimum atomic E-state index is -0.220. The van der Waals surface area contributed by atoms with E-state index in [1.807, 2.05) is 31.3 Å². The van der Waals surface area contributed by atoms with E-state index in [2.05, 4.69) is 20.7 Å². The average molecular weight is 416 g/mol. The van der Waals surface area contributed by atoms with Gasteiger partial charge in [-0.1, -0.05) is 40.4 Å². The normalized spacial score (nSPS) is 11.2. The van der Waals surface area contributed by atoms with Crippen molar-refractivity contribution in [2.24, 2.45) is 7.05 Å². The number of amides is 1. The third kappa shape index (κ3) is 3.71. The van der Waals surface area contributed by atoms with E-state index in [-0.39, 0.29) is 16.5 Å². The average Bonchev–Trinajstić information content (AvgIpc) is 3.33. The highest BCUT2D eigenvalue weighted by molar-refractivity contribution is 7.99. The molecule has 3 aromatic heterocycles. The first-order valence-corrected chi connectivity index (χ1v) is 10.1. The van der Waals surface area contributed by atoms with Crippen molar-refractivity contribution >= 4 is 45.0 Å². The van der Waals surface area contributed by atoms with E-state index >= 15 is 0 Å². The lowest BCUT2D eigenvalue weighted by molar-refractivity contribution is -0.113. The number of benzene rings is 1. The minimum absolute atomic E-state index is 0.0410. The summed E-state index contributed by atoms with van der Waals surface area (Å²) in [7, 11) is 1.82. The number of carbonyl (C=O) groups is 1. The maximum atomic E-state index is 12.3. The quantitative estimate of drug-likeness (QED) is 0.480. The van der Waals surface area contributed by atoms with Gasteiger partial charge in [0.1, 0.15) is 5.76 Å². The van der Waals surface area contributed by atoms with Crippen molar-refractivity contribution in [3.63, 3.8) is 0 Å². The van der Waals surface area contributed by atoms with E-state index in [9.17, 15) is 9.59 Å². The largest absolute Gasteiger partial charge is 0.360 e. The molecule has 0 radical (unpaired) electrons. The fraction of sp³-hybridized carbons (Fsp3) is 0.235. The van der Waals surface area contributed by atoms with Crippen LogP contribution in [0.5, 0.6) is 0 Å². The fourth-order valence-corrected chi connectivity index (χ4v) is 4.27. The Hall–Kier alpha value is -2.92. The molecule has 0 saturated carbocycles. The molecule has 1 amide bonds. The van der Waals surface area contributed by atoms with E-state index < -0.39 is 0 Å². The van der Waals surface area contributed by atoms with Gasteiger partial charge in [-0.2, -0.15) is 0 Å². The van der Waals surface area contributed by atoms with Crippen LogP contribution in [0.4, 0.5) is 5.82 Å². The molecule has 0 spiro atoms. The maximum Gasteiger partial charge on any atom is 0.308 e. The molecule has 0 fully saturated rings. The van der Waals surface area contributed by atoms with Gasteiger partial charge in [0.05, 0.1) is 22.5 Å². The van der Waals surface area contributed by atoms with Gasteiger partial charge in [-0.05, 0) is 19.1 Å². The summed E-state index contributed by atoms with van der Waals surface area (Å²) in [6, 6.07) is 9.29. The molecule has 0 saturated heterocycles. The first kappa shape index (κ1) is 18.4. The van der Waals surface area contributed by atoms with E-state index in [0.29, 0.717) is 29.1 Å². The topological polar surface area (TPSA) is 108 Å². The van der Waals surface area contributed by atoms with Gasteiger partial charge in [-0.25, -0.2) is 0 Å². The number of carbonyl (C=O) groups excluding carboxylic acids is 1. The van der Waals surface area contributed by atoms with Crippen molar-refractivity contribution in [1.29, 1.82) is 0 Å². The Kier molecular flexibility index (Phi) is 5.01. The molecule has 1 N–H and O–H groups in total. The second-order valence-electron chi connectivity index (χ2n) is 6.04. The molecule has 0 unspecified atom stereocenters. The van der Waals surface area contributed by atoms with Crippen molar-refractivity contribution in [2.75, 3.05) is 11.1 Å². The fourth-order valence-electron chi connectivity index (χ4n) is 2.65. The lowest BCUT2D eigenvalue weighted by Gasteiger charge is -2.05. The Morgan fingerprint density at radius 2 is 2.14 bits per heavy atom.